The smallest absolute Gasteiger partial charge is 0.280 e. The van der Waals surface area contributed by atoms with Gasteiger partial charge >= 0.3 is 0 Å². The SMILES string of the molecule is O=C(/C=C/c1cc2c(cc1[N+](=O)[O-])OCO2)c1ccc(Cl)cc1. The zero-order valence-electron chi connectivity index (χ0n) is 11.7. The maximum atomic E-state index is 12.1. The molecule has 1 aliphatic rings. The molecule has 1 heterocycles. The summed E-state index contributed by atoms with van der Waals surface area (Å²) in [5.41, 5.74) is 0.546. The molecule has 0 aliphatic carbocycles. The van der Waals surface area contributed by atoms with Crippen molar-refractivity contribution in [2.24, 2.45) is 0 Å². The van der Waals surface area contributed by atoms with Gasteiger partial charge in [0.1, 0.15) is 0 Å². The van der Waals surface area contributed by atoms with E-state index < -0.39 is 4.92 Å². The molecule has 0 spiro atoms. The van der Waals surface area contributed by atoms with E-state index in [2.05, 4.69) is 0 Å². The molecule has 7 heteroatoms. The summed E-state index contributed by atoms with van der Waals surface area (Å²) in [6.45, 7) is 0.0172. The number of ether oxygens (including phenoxy) is 2. The molecule has 0 radical (unpaired) electrons. The predicted molar refractivity (Wildman–Crippen MR) is 84.0 cm³/mol. The predicted octanol–water partition coefficient (Wildman–Crippen LogP) is 3.87. The van der Waals surface area contributed by atoms with Crippen LogP contribution in [-0.2, 0) is 0 Å². The third-order valence-corrected chi connectivity index (χ3v) is 3.51. The minimum atomic E-state index is -0.533. The molecule has 0 saturated carbocycles. The van der Waals surface area contributed by atoms with Crippen molar-refractivity contribution in [3.8, 4) is 11.5 Å². The molecule has 0 fully saturated rings. The number of carbonyl (C=O) groups excluding carboxylic acids is 1. The molecular formula is C16H10ClNO5. The van der Waals surface area contributed by atoms with Crippen molar-refractivity contribution < 1.29 is 19.2 Å². The zero-order chi connectivity index (χ0) is 16.4. The van der Waals surface area contributed by atoms with Crippen molar-refractivity contribution >= 4 is 29.1 Å². The third kappa shape index (κ3) is 3.17. The summed E-state index contributed by atoms with van der Waals surface area (Å²) in [4.78, 5) is 22.7. The fourth-order valence-electron chi connectivity index (χ4n) is 2.11. The monoisotopic (exact) mass is 331 g/mol. The molecule has 6 nitrogen and oxygen atoms in total. The first-order valence-corrected chi connectivity index (χ1v) is 6.98. The molecule has 0 bridgehead atoms. The Labute approximate surface area is 136 Å². The highest BCUT2D eigenvalue weighted by atomic mass is 35.5. The van der Waals surface area contributed by atoms with E-state index in [9.17, 15) is 14.9 Å². The Kier molecular flexibility index (Phi) is 3.99. The second kappa shape index (κ2) is 6.10. The van der Waals surface area contributed by atoms with E-state index in [0.717, 1.165) is 0 Å². The van der Waals surface area contributed by atoms with Crippen LogP contribution in [0, 0.1) is 10.1 Å². The third-order valence-electron chi connectivity index (χ3n) is 3.26. The van der Waals surface area contributed by atoms with Gasteiger partial charge in [0, 0.05) is 10.6 Å². The van der Waals surface area contributed by atoms with Crippen LogP contribution in [0.4, 0.5) is 5.69 Å². The van der Waals surface area contributed by atoms with E-state index >= 15 is 0 Å². The number of hydrogen-bond donors (Lipinski definition) is 0. The topological polar surface area (TPSA) is 78.7 Å². The minimum Gasteiger partial charge on any atom is -0.454 e. The zero-order valence-corrected chi connectivity index (χ0v) is 12.4. The number of nitro benzene ring substituents is 1. The van der Waals surface area contributed by atoms with Crippen LogP contribution in [-0.4, -0.2) is 17.5 Å². The number of rotatable bonds is 4. The first-order chi connectivity index (χ1) is 11.0. The molecule has 0 saturated heterocycles. The first-order valence-electron chi connectivity index (χ1n) is 6.60. The molecule has 116 valence electrons. The summed E-state index contributed by atoms with van der Waals surface area (Å²) in [5, 5.41) is 11.7. The van der Waals surface area contributed by atoms with Crippen LogP contribution in [0.5, 0.6) is 11.5 Å². The van der Waals surface area contributed by atoms with Gasteiger partial charge in [-0.15, -0.1) is 0 Å². The van der Waals surface area contributed by atoms with Gasteiger partial charge in [-0.2, -0.15) is 0 Å². The van der Waals surface area contributed by atoms with Crippen molar-refractivity contribution in [2.45, 2.75) is 0 Å². The molecule has 1 aliphatic heterocycles. The van der Waals surface area contributed by atoms with Crippen LogP contribution in [0.15, 0.2) is 42.5 Å². The average Bonchev–Trinajstić information content (AvgIpc) is 2.99. The molecule has 3 rings (SSSR count). The molecule has 0 amide bonds. The summed E-state index contributed by atoms with van der Waals surface area (Å²) < 4.78 is 10.3. The number of allylic oxidation sites excluding steroid dienone is 1. The van der Waals surface area contributed by atoms with Crippen molar-refractivity contribution in [3.63, 3.8) is 0 Å². The minimum absolute atomic E-state index is 0.0172. The van der Waals surface area contributed by atoms with Crippen LogP contribution in [0.3, 0.4) is 0 Å². The van der Waals surface area contributed by atoms with Gasteiger partial charge in [0.2, 0.25) is 6.79 Å². The van der Waals surface area contributed by atoms with Gasteiger partial charge < -0.3 is 9.47 Å². The van der Waals surface area contributed by atoms with E-state index in [0.29, 0.717) is 22.1 Å². The largest absolute Gasteiger partial charge is 0.454 e. The maximum absolute atomic E-state index is 12.1. The maximum Gasteiger partial charge on any atom is 0.280 e. The Balaban J connectivity index is 1.91. The average molecular weight is 332 g/mol. The lowest BCUT2D eigenvalue weighted by atomic mass is 10.1. The van der Waals surface area contributed by atoms with Crippen molar-refractivity contribution in [2.75, 3.05) is 6.79 Å². The van der Waals surface area contributed by atoms with Crippen LogP contribution in [0.25, 0.3) is 6.08 Å². The number of nitro groups is 1. The van der Waals surface area contributed by atoms with Crippen LogP contribution in [0.1, 0.15) is 15.9 Å². The fraction of sp³-hybridized carbons (Fsp3) is 0.0625. The van der Waals surface area contributed by atoms with E-state index in [1.54, 1.807) is 24.3 Å². The number of halogens is 1. The van der Waals surface area contributed by atoms with E-state index in [1.165, 1.54) is 24.3 Å². The highest BCUT2D eigenvalue weighted by Crippen LogP contribution is 2.38. The normalized spacial score (nSPS) is 12.6. The molecule has 2 aromatic carbocycles. The number of nitrogens with zero attached hydrogens (tertiary/aromatic N) is 1. The molecule has 0 unspecified atom stereocenters. The van der Waals surface area contributed by atoms with Gasteiger partial charge in [-0.05, 0) is 42.5 Å². The van der Waals surface area contributed by atoms with Crippen molar-refractivity contribution in [1.82, 2.24) is 0 Å². The van der Waals surface area contributed by atoms with E-state index in [4.69, 9.17) is 21.1 Å². The second-order valence-electron chi connectivity index (χ2n) is 4.73. The molecule has 23 heavy (non-hydrogen) atoms. The number of hydrogen-bond acceptors (Lipinski definition) is 5. The van der Waals surface area contributed by atoms with Gasteiger partial charge in [0.25, 0.3) is 5.69 Å². The Morgan fingerprint density at radius 1 is 1.17 bits per heavy atom. The Morgan fingerprint density at radius 2 is 1.83 bits per heavy atom. The van der Waals surface area contributed by atoms with Gasteiger partial charge in [-0.25, -0.2) is 0 Å². The van der Waals surface area contributed by atoms with Crippen LogP contribution < -0.4 is 9.47 Å². The first kappa shape index (κ1) is 15.1. The highest BCUT2D eigenvalue weighted by Gasteiger charge is 2.22. The summed E-state index contributed by atoms with van der Waals surface area (Å²) in [7, 11) is 0. The quantitative estimate of drug-likeness (QED) is 0.368. The van der Waals surface area contributed by atoms with Crippen molar-refractivity contribution in [1.29, 1.82) is 0 Å². The van der Waals surface area contributed by atoms with E-state index in [-0.39, 0.29) is 23.8 Å². The molecule has 0 atom stereocenters. The standard InChI is InChI=1S/C16H10ClNO5/c17-12-4-1-10(2-5-12)14(19)6-3-11-7-15-16(23-9-22-15)8-13(11)18(20)21/h1-8H,9H2/b6-3+. The van der Waals surface area contributed by atoms with Crippen LogP contribution in [0.2, 0.25) is 5.02 Å². The lowest BCUT2D eigenvalue weighted by Crippen LogP contribution is -1.95. The second-order valence-corrected chi connectivity index (χ2v) is 5.16. The summed E-state index contributed by atoms with van der Waals surface area (Å²) in [6, 6.07) is 9.14. The lowest BCUT2D eigenvalue weighted by Gasteiger charge is -2.01. The Bertz CT molecular complexity index is 814. The number of benzene rings is 2. The fourth-order valence-corrected chi connectivity index (χ4v) is 2.24. The molecular weight excluding hydrogens is 322 g/mol. The number of carbonyl (C=O) groups is 1. The van der Waals surface area contributed by atoms with E-state index in [1.807, 2.05) is 0 Å². The lowest BCUT2D eigenvalue weighted by molar-refractivity contribution is -0.385. The van der Waals surface area contributed by atoms with Gasteiger partial charge in [-0.1, -0.05) is 11.6 Å². The summed E-state index contributed by atoms with van der Waals surface area (Å²) >= 11 is 5.77. The highest BCUT2D eigenvalue weighted by molar-refractivity contribution is 6.30. The molecule has 0 N–H and O–H groups in total. The molecule has 0 aromatic heterocycles. The summed E-state index contributed by atoms with van der Waals surface area (Å²) in [6.07, 6.45) is 2.66. The summed E-state index contributed by atoms with van der Waals surface area (Å²) in [5.74, 6) is 0.445. The molecule has 2 aromatic rings. The van der Waals surface area contributed by atoms with Crippen molar-refractivity contribution in [3.05, 3.63) is 68.7 Å². The van der Waals surface area contributed by atoms with Gasteiger partial charge in [0.15, 0.2) is 17.3 Å². The Hall–Kier alpha value is -2.86. The number of ketones is 1. The van der Waals surface area contributed by atoms with Gasteiger partial charge in [0.05, 0.1) is 16.6 Å². The van der Waals surface area contributed by atoms with Gasteiger partial charge in [-0.3, -0.25) is 14.9 Å². The van der Waals surface area contributed by atoms with Crippen LogP contribution >= 0.6 is 11.6 Å². The Morgan fingerprint density at radius 3 is 2.48 bits per heavy atom. The number of fused-ring (bicyclic) bond motifs is 1.